The van der Waals surface area contributed by atoms with E-state index in [0.29, 0.717) is 71.4 Å². The van der Waals surface area contributed by atoms with E-state index in [9.17, 15) is 24.3 Å². The Morgan fingerprint density at radius 2 is 1.85 bits per heavy atom. The number of nitrogens with one attached hydrogen (secondary N) is 2. The zero-order valence-corrected chi connectivity index (χ0v) is 30.1. The third kappa shape index (κ3) is 6.07. The summed E-state index contributed by atoms with van der Waals surface area (Å²) in [6.45, 7) is 9.87. The predicted octanol–water partition coefficient (Wildman–Crippen LogP) is 3.23. The number of nitrogens with zero attached hydrogens (tertiary/aromatic N) is 7. The van der Waals surface area contributed by atoms with Crippen LogP contribution in [0.5, 0.6) is 0 Å². The summed E-state index contributed by atoms with van der Waals surface area (Å²) in [6.07, 6.45) is 6.13. The van der Waals surface area contributed by atoms with Gasteiger partial charge in [0.2, 0.25) is 11.8 Å². The third-order valence-electron chi connectivity index (χ3n) is 10.3. The van der Waals surface area contributed by atoms with E-state index >= 15 is 0 Å². The van der Waals surface area contributed by atoms with E-state index in [-0.39, 0.29) is 23.0 Å². The number of aliphatic hydroxyl groups is 1. The fourth-order valence-electron chi connectivity index (χ4n) is 7.66. The minimum atomic E-state index is -0.621. The van der Waals surface area contributed by atoms with Crippen molar-refractivity contribution >= 4 is 40.7 Å². The van der Waals surface area contributed by atoms with E-state index in [2.05, 4.69) is 45.6 Å². The fourth-order valence-corrected chi connectivity index (χ4v) is 7.66. The highest BCUT2D eigenvalue weighted by Crippen LogP contribution is 2.40. The van der Waals surface area contributed by atoms with Crippen molar-refractivity contribution in [3.05, 3.63) is 93.8 Å². The van der Waals surface area contributed by atoms with E-state index in [1.165, 1.54) is 15.8 Å². The first kappa shape index (κ1) is 34.8. The second kappa shape index (κ2) is 13.2. The number of benzene rings is 1. The van der Waals surface area contributed by atoms with Gasteiger partial charge in [-0.15, -0.1) is 0 Å². The van der Waals surface area contributed by atoms with Crippen LogP contribution in [0.1, 0.15) is 52.8 Å². The van der Waals surface area contributed by atoms with Gasteiger partial charge in [0.25, 0.3) is 11.5 Å². The van der Waals surface area contributed by atoms with Gasteiger partial charge in [0, 0.05) is 86.4 Å². The molecule has 5 heterocycles. The molecular formula is C38H43N9O5. The van der Waals surface area contributed by atoms with E-state index < -0.39 is 24.1 Å². The number of hydrogen-bond acceptors (Lipinski definition) is 9. The van der Waals surface area contributed by atoms with Gasteiger partial charge in [-0.3, -0.25) is 29.0 Å². The van der Waals surface area contributed by atoms with Crippen LogP contribution in [-0.2, 0) is 42.6 Å². The fraction of sp³-hybridized carbons (Fsp3) is 0.368. The summed E-state index contributed by atoms with van der Waals surface area (Å²) in [5.74, 6) is -0.396. The van der Waals surface area contributed by atoms with Crippen LogP contribution in [0.3, 0.4) is 0 Å². The minimum absolute atomic E-state index is 0.00842. The molecule has 0 spiro atoms. The first-order valence-corrected chi connectivity index (χ1v) is 17.3. The Morgan fingerprint density at radius 3 is 2.60 bits per heavy atom. The van der Waals surface area contributed by atoms with E-state index in [1.807, 2.05) is 18.0 Å². The average Bonchev–Trinajstić information content (AvgIpc) is 3.61. The van der Waals surface area contributed by atoms with Crippen molar-refractivity contribution in [2.45, 2.75) is 45.9 Å². The smallest absolute Gasteiger partial charge is 0.293 e. The number of anilines is 4. The van der Waals surface area contributed by atoms with Gasteiger partial charge in [0.05, 0.1) is 12.3 Å². The normalized spacial score (nSPS) is 18.3. The summed E-state index contributed by atoms with van der Waals surface area (Å²) in [4.78, 5) is 67.4. The molecule has 1 aromatic carbocycles. The van der Waals surface area contributed by atoms with Crippen LogP contribution in [-0.4, -0.2) is 85.5 Å². The Hall–Kier alpha value is -5.60. The molecule has 4 aromatic rings. The number of aryl methyl sites for hydroxylation is 1. The van der Waals surface area contributed by atoms with Crippen LogP contribution in [0.15, 0.2) is 60.2 Å². The van der Waals surface area contributed by atoms with Crippen molar-refractivity contribution < 1.29 is 19.5 Å². The summed E-state index contributed by atoms with van der Waals surface area (Å²) in [6, 6.07) is 8.20. The monoisotopic (exact) mass is 705 g/mol. The van der Waals surface area contributed by atoms with Gasteiger partial charge in [-0.25, -0.2) is 9.97 Å². The van der Waals surface area contributed by atoms with Crippen LogP contribution >= 0.6 is 0 Å². The van der Waals surface area contributed by atoms with Crippen molar-refractivity contribution in [1.82, 2.24) is 28.9 Å². The number of fused-ring (bicyclic) bond motifs is 3. The molecule has 1 saturated heterocycles. The Labute approximate surface area is 301 Å². The Bertz CT molecular complexity index is 2200. The second-order valence-corrected chi connectivity index (χ2v) is 14.6. The summed E-state index contributed by atoms with van der Waals surface area (Å²) < 4.78 is 3.51. The molecule has 14 nitrogen and oxygen atoms in total. The summed E-state index contributed by atoms with van der Waals surface area (Å²) in [7, 11) is 5.20. The van der Waals surface area contributed by atoms with Gasteiger partial charge >= 0.3 is 0 Å². The topological polar surface area (TPSA) is 158 Å². The van der Waals surface area contributed by atoms with E-state index in [0.717, 1.165) is 18.9 Å². The molecule has 52 heavy (non-hydrogen) atoms. The SMILES string of the molecule is C=CC(=O)Nc1cc(Nc2nc(-c3ccnc(N4CCn5c(cc6c5CC(C)(C)C6)C4=O)c3CO)cn(C)c2=O)ccc1C1C(=O)N(C)CCN1C. The van der Waals surface area contributed by atoms with Gasteiger partial charge in [-0.1, -0.05) is 26.5 Å². The molecule has 2 aliphatic heterocycles. The number of pyridine rings is 1. The van der Waals surface area contributed by atoms with Gasteiger partial charge in [-0.2, -0.15) is 0 Å². The van der Waals surface area contributed by atoms with Crippen LogP contribution in [0.4, 0.5) is 23.0 Å². The van der Waals surface area contributed by atoms with E-state index in [1.54, 1.807) is 60.6 Å². The highest BCUT2D eigenvalue weighted by molar-refractivity contribution is 6.06. The summed E-state index contributed by atoms with van der Waals surface area (Å²) in [5.41, 5.74) is 5.52. The average molecular weight is 706 g/mol. The van der Waals surface area contributed by atoms with Crippen molar-refractivity contribution in [1.29, 1.82) is 0 Å². The van der Waals surface area contributed by atoms with Crippen molar-refractivity contribution in [3.8, 4) is 11.3 Å². The summed E-state index contributed by atoms with van der Waals surface area (Å²) in [5, 5.41) is 16.6. The number of carbonyl (C=O) groups is 3. The van der Waals surface area contributed by atoms with Crippen LogP contribution in [0, 0.1) is 5.41 Å². The lowest BCUT2D eigenvalue weighted by Gasteiger charge is -2.37. The van der Waals surface area contributed by atoms with E-state index in [4.69, 9.17) is 0 Å². The first-order valence-electron chi connectivity index (χ1n) is 17.3. The maximum absolute atomic E-state index is 13.9. The largest absolute Gasteiger partial charge is 0.392 e. The number of aliphatic hydroxyl groups excluding tert-OH is 1. The van der Waals surface area contributed by atoms with Crippen LogP contribution in [0.2, 0.25) is 0 Å². The molecule has 1 aliphatic carbocycles. The zero-order valence-electron chi connectivity index (χ0n) is 30.1. The molecule has 1 fully saturated rings. The molecule has 3 N–H and O–H groups in total. The van der Waals surface area contributed by atoms with Gasteiger partial charge < -0.3 is 29.8 Å². The lowest BCUT2D eigenvalue weighted by atomic mass is 9.90. The number of carbonyl (C=O) groups excluding carboxylic acids is 3. The molecule has 0 saturated carbocycles. The minimum Gasteiger partial charge on any atom is -0.392 e. The number of rotatable bonds is 8. The predicted molar refractivity (Wildman–Crippen MR) is 197 cm³/mol. The number of aromatic nitrogens is 4. The maximum atomic E-state index is 13.9. The van der Waals surface area contributed by atoms with Crippen LogP contribution < -0.4 is 21.1 Å². The first-order chi connectivity index (χ1) is 24.8. The number of amides is 3. The lowest BCUT2D eigenvalue weighted by Crippen LogP contribution is -2.49. The number of hydrogen-bond donors (Lipinski definition) is 3. The Morgan fingerprint density at radius 1 is 1.06 bits per heavy atom. The third-order valence-corrected chi connectivity index (χ3v) is 10.3. The van der Waals surface area contributed by atoms with Gasteiger partial charge in [-0.05, 0) is 61.2 Å². The highest BCUT2D eigenvalue weighted by Gasteiger charge is 2.38. The standard InChI is InChI=1S/C38H43N9O5/c1-7-31(49)41-27-17-23(8-9-25(27)32-36(51)44(5)13-12-43(32)4)40-33-37(52)45(6)20-28(42-33)24-10-11-39-34(26(24)21-48)47-15-14-46-29(35(47)50)16-22-18-38(2,3)19-30(22)46/h7-11,16-17,20,32,48H,1,12-15,18-19,21H2,2-6H3,(H,40,42)(H,41,49). The van der Waals surface area contributed by atoms with Crippen molar-refractivity contribution in [2.75, 3.05) is 49.3 Å². The Balaban J connectivity index is 1.22. The molecule has 270 valence electrons. The number of likely N-dealkylation sites (N-methyl/N-ethyl adjacent to an activating group) is 2. The molecular weight excluding hydrogens is 662 g/mol. The maximum Gasteiger partial charge on any atom is 0.293 e. The van der Waals surface area contributed by atoms with Crippen LogP contribution in [0.25, 0.3) is 11.3 Å². The summed E-state index contributed by atoms with van der Waals surface area (Å²) >= 11 is 0. The molecule has 1 atom stereocenters. The second-order valence-electron chi connectivity index (χ2n) is 14.6. The molecule has 1 unspecified atom stereocenters. The van der Waals surface area contributed by atoms with Gasteiger partial charge in [0.15, 0.2) is 5.82 Å². The van der Waals surface area contributed by atoms with Crippen molar-refractivity contribution in [2.24, 2.45) is 12.5 Å². The highest BCUT2D eigenvalue weighted by atomic mass is 16.3. The number of piperazine rings is 1. The molecule has 0 radical (unpaired) electrons. The molecule has 3 aromatic heterocycles. The Kier molecular flexibility index (Phi) is 8.83. The van der Waals surface area contributed by atoms with Crippen molar-refractivity contribution in [3.63, 3.8) is 0 Å². The molecule has 3 amide bonds. The quantitative estimate of drug-likeness (QED) is 0.234. The van der Waals surface area contributed by atoms with Gasteiger partial charge in [0.1, 0.15) is 17.6 Å². The lowest BCUT2D eigenvalue weighted by molar-refractivity contribution is -0.139. The molecule has 7 rings (SSSR count). The molecule has 0 bridgehead atoms. The molecule has 3 aliphatic rings. The zero-order chi connectivity index (χ0) is 37.1. The molecule has 14 heteroatoms.